The Hall–Kier alpha value is -1.49. The van der Waals surface area contributed by atoms with Crippen molar-refractivity contribution in [3.8, 4) is 0 Å². The molecule has 0 radical (unpaired) electrons. The summed E-state index contributed by atoms with van der Waals surface area (Å²) in [5.74, 6) is 5.70. The number of nitrogens with one attached hydrogen (secondary N) is 1. The van der Waals surface area contributed by atoms with Gasteiger partial charge < -0.3 is 4.74 Å². The molecule has 2 aromatic rings. The first kappa shape index (κ1) is 13.9. The molecule has 4 nitrogen and oxygen atoms in total. The van der Waals surface area contributed by atoms with Gasteiger partial charge in [0.25, 0.3) is 0 Å². The lowest BCUT2D eigenvalue weighted by Crippen LogP contribution is -2.29. The molecule has 1 aromatic carbocycles. The van der Waals surface area contributed by atoms with E-state index >= 15 is 0 Å². The summed E-state index contributed by atoms with van der Waals surface area (Å²) in [7, 11) is 1.73. The van der Waals surface area contributed by atoms with Crippen LogP contribution in [0.5, 0.6) is 0 Å². The molecule has 1 aromatic heterocycles. The third-order valence-electron chi connectivity index (χ3n) is 3.54. The molecule has 19 heavy (non-hydrogen) atoms. The Balaban J connectivity index is 2.25. The molecule has 2 atom stereocenters. The minimum atomic E-state index is 0.0937. The lowest BCUT2D eigenvalue weighted by atomic mass is 9.97. The maximum atomic E-state index is 5.70. The zero-order valence-corrected chi connectivity index (χ0v) is 11.5. The molecule has 0 aliphatic rings. The standard InChI is InChI=1S/C15H21N3O/c1-11(19-2)7-8-15(18-16)14-10-17-9-12-5-3-4-6-13(12)14/h3-6,9-11,15,18H,7-8,16H2,1-2H3. The molecule has 1 heterocycles. The number of nitrogens with zero attached hydrogens (tertiary/aromatic N) is 1. The van der Waals surface area contributed by atoms with E-state index in [1.165, 1.54) is 5.39 Å². The van der Waals surface area contributed by atoms with Crippen LogP contribution in [0.4, 0.5) is 0 Å². The summed E-state index contributed by atoms with van der Waals surface area (Å²) < 4.78 is 5.28. The number of methoxy groups -OCH3 is 1. The Kier molecular flexibility index (Phi) is 4.85. The highest BCUT2D eigenvalue weighted by atomic mass is 16.5. The number of benzene rings is 1. The first-order valence-electron chi connectivity index (χ1n) is 6.57. The Morgan fingerprint density at radius 3 is 2.79 bits per heavy atom. The molecule has 4 heteroatoms. The molecule has 0 amide bonds. The molecule has 102 valence electrons. The number of aromatic nitrogens is 1. The normalized spacial score (nSPS) is 14.5. The zero-order chi connectivity index (χ0) is 13.7. The Morgan fingerprint density at radius 1 is 1.26 bits per heavy atom. The van der Waals surface area contributed by atoms with Gasteiger partial charge in [-0.05, 0) is 30.7 Å². The van der Waals surface area contributed by atoms with E-state index in [-0.39, 0.29) is 12.1 Å². The van der Waals surface area contributed by atoms with Crippen molar-refractivity contribution in [3.05, 3.63) is 42.2 Å². The minimum Gasteiger partial charge on any atom is -0.382 e. The molecule has 2 rings (SSSR count). The molecular weight excluding hydrogens is 238 g/mol. The van der Waals surface area contributed by atoms with Crippen molar-refractivity contribution < 1.29 is 4.74 Å². The smallest absolute Gasteiger partial charge is 0.0543 e. The van der Waals surface area contributed by atoms with E-state index in [2.05, 4.69) is 29.5 Å². The second-order valence-electron chi connectivity index (χ2n) is 4.79. The van der Waals surface area contributed by atoms with Crippen LogP contribution in [0.1, 0.15) is 31.4 Å². The number of hydrogen-bond donors (Lipinski definition) is 2. The molecule has 3 N–H and O–H groups in total. The number of hydrogen-bond acceptors (Lipinski definition) is 4. The monoisotopic (exact) mass is 259 g/mol. The fraction of sp³-hybridized carbons (Fsp3) is 0.400. The Bertz CT molecular complexity index is 524. The number of pyridine rings is 1. The van der Waals surface area contributed by atoms with Crippen molar-refractivity contribution >= 4 is 10.8 Å². The van der Waals surface area contributed by atoms with E-state index in [0.29, 0.717) is 0 Å². The first-order valence-corrected chi connectivity index (χ1v) is 6.57. The van der Waals surface area contributed by atoms with E-state index in [1.807, 2.05) is 24.5 Å². The van der Waals surface area contributed by atoms with Crippen molar-refractivity contribution in [1.82, 2.24) is 10.4 Å². The van der Waals surface area contributed by atoms with Gasteiger partial charge in [-0.3, -0.25) is 16.3 Å². The molecule has 0 bridgehead atoms. The summed E-state index contributed by atoms with van der Waals surface area (Å²) in [5, 5.41) is 2.34. The quantitative estimate of drug-likeness (QED) is 0.618. The van der Waals surface area contributed by atoms with Gasteiger partial charge in [-0.15, -0.1) is 0 Å². The summed E-state index contributed by atoms with van der Waals surface area (Å²) >= 11 is 0. The van der Waals surface area contributed by atoms with Gasteiger partial charge in [0, 0.05) is 30.9 Å². The van der Waals surface area contributed by atoms with E-state index in [9.17, 15) is 0 Å². The Morgan fingerprint density at radius 2 is 2.05 bits per heavy atom. The number of hydrazine groups is 1. The topological polar surface area (TPSA) is 60.2 Å². The van der Waals surface area contributed by atoms with Gasteiger partial charge in [0.2, 0.25) is 0 Å². The maximum Gasteiger partial charge on any atom is 0.0543 e. The second-order valence-corrected chi connectivity index (χ2v) is 4.79. The lowest BCUT2D eigenvalue weighted by Gasteiger charge is -2.19. The number of nitrogens with two attached hydrogens (primary N) is 1. The fourth-order valence-electron chi connectivity index (χ4n) is 2.27. The van der Waals surface area contributed by atoms with Crippen LogP contribution in [0, 0.1) is 0 Å². The third kappa shape index (κ3) is 3.29. The van der Waals surface area contributed by atoms with E-state index in [1.54, 1.807) is 7.11 Å². The molecule has 0 fully saturated rings. The number of rotatable bonds is 6. The molecule has 2 unspecified atom stereocenters. The maximum absolute atomic E-state index is 5.70. The predicted octanol–water partition coefficient (Wildman–Crippen LogP) is 2.55. The van der Waals surface area contributed by atoms with Crippen molar-refractivity contribution in [1.29, 1.82) is 0 Å². The van der Waals surface area contributed by atoms with Crippen LogP contribution in [0.3, 0.4) is 0 Å². The first-order chi connectivity index (χ1) is 9.26. The van der Waals surface area contributed by atoms with Crippen molar-refractivity contribution in [3.63, 3.8) is 0 Å². The number of fused-ring (bicyclic) bond motifs is 1. The molecule has 0 saturated heterocycles. The van der Waals surface area contributed by atoms with Crippen LogP contribution in [0.2, 0.25) is 0 Å². The van der Waals surface area contributed by atoms with E-state index in [4.69, 9.17) is 10.6 Å². The van der Waals surface area contributed by atoms with Crippen molar-refractivity contribution in [2.75, 3.05) is 7.11 Å². The van der Waals surface area contributed by atoms with Gasteiger partial charge in [-0.2, -0.15) is 0 Å². The van der Waals surface area contributed by atoms with Crippen LogP contribution in [0.25, 0.3) is 10.8 Å². The highest BCUT2D eigenvalue weighted by Crippen LogP contribution is 2.26. The van der Waals surface area contributed by atoms with Crippen LogP contribution >= 0.6 is 0 Å². The van der Waals surface area contributed by atoms with Crippen molar-refractivity contribution in [2.24, 2.45) is 5.84 Å². The lowest BCUT2D eigenvalue weighted by molar-refractivity contribution is 0.106. The van der Waals surface area contributed by atoms with E-state index < -0.39 is 0 Å². The van der Waals surface area contributed by atoms with E-state index in [0.717, 1.165) is 23.8 Å². The number of ether oxygens (including phenoxy) is 1. The predicted molar refractivity (Wildman–Crippen MR) is 77.5 cm³/mol. The molecule has 0 aliphatic heterocycles. The summed E-state index contributed by atoms with van der Waals surface area (Å²) in [4.78, 5) is 4.30. The van der Waals surface area contributed by atoms with Gasteiger partial charge in [-0.1, -0.05) is 24.3 Å². The average Bonchev–Trinajstić information content (AvgIpc) is 2.47. The SMILES string of the molecule is COC(C)CCC(NN)c1cncc2ccccc12. The summed E-state index contributed by atoms with van der Waals surface area (Å²) in [5.41, 5.74) is 4.04. The minimum absolute atomic E-state index is 0.0937. The molecule has 0 spiro atoms. The average molecular weight is 259 g/mol. The van der Waals surface area contributed by atoms with Crippen molar-refractivity contribution in [2.45, 2.75) is 31.9 Å². The molecular formula is C15H21N3O. The second kappa shape index (κ2) is 6.61. The summed E-state index contributed by atoms with van der Waals surface area (Å²) in [6.07, 6.45) is 5.88. The summed E-state index contributed by atoms with van der Waals surface area (Å²) in [6.45, 7) is 2.06. The van der Waals surface area contributed by atoms with Gasteiger partial charge in [0.15, 0.2) is 0 Å². The largest absolute Gasteiger partial charge is 0.382 e. The third-order valence-corrected chi connectivity index (χ3v) is 3.54. The van der Waals surface area contributed by atoms with Crippen LogP contribution in [0.15, 0.2) is 36.7 Å². The zero-order valence-electron chi connectivity index (χ0n) is 11.5. The van der Waals surface area contributed by atoms with Crippen LogP contribution < -0.4 is 11.3 Å². The molecule has 0 aliphatic carbocycles. The van der Waals surface area contributed by atoms with Crippen LogP contribution in [-0.4, -0.2) is 18.2 Å². The highest BCUT2D eigenvalue weighted by Gasteiger charge is 2.14. The fourth-order valence-corrected chi connectivity index (χ4v) is 2.27. The molecule has 0 saturated carbocycles. The van der Waals surface area contributed by atoms with Gasteiger partial charge in [0.05, 0.1) is 6.10 Å². The van der Waals surface area contributed by atoms with Gasteiger partial charge >= 0.3 is 0 Å². The van der Waals surface area contributed by atoms with Gasteiger partial charge in [0.1, 0.15) is 0 Å². The van der Waals surface area contributed by atoms with Crippen LogP contribution in [-0.2, 0) is 4.74 Å². The van der Waals surface area contributed by atoms with Gasteiger partial charge in [-0.25, -0.2) is 0 Å². The highest BCUT2D eigenvalue weighted by molar-refractivity contribution is 5.85. The Labute approximate surface area is 113 Å². The summed E-state index contributed by atoms with van der Waals surface area (Å²) in [6, 6.07) is 8.33.